The normalized spacial score (nSPS) is 56.3. The van der Waals surface area contributed by atoms with Gasteiger partial charge < -0.3 is 0 Å². The van der Waals surface area contributed by atoms with Crippen LogP contribution in [-0.4, -0.2) is 0 Å². The second-order valence-electron chi connectivity index (χ2n) is 12.1. The molecule has 0 nitrogen and oxygen atoms in total. The number of rotatable bonds is 1. The van der Waals surface area contributed by atoms with Crippen molar-refractivity contribution in [3.8, 4) is 0 Å². The minimum atomic E-state index is 0.513. The van der Waals surface area contributed by atoms with Gasteiger partial charge in [-0.1, -0.05) is 56.2 Å². The number of allylic oxidation sites excluding steroid dienone is 5. The van der Waals surface area contributed by atoms with E-state index in [1.165, 1.54) is 63.4 Å². The van der Waals surface area contributed by atoms with Gasteiger partial charge in [-0.3, -0.25) is 0 Å². The van der Waals surface area contributed by atoms with Crippen molar-refractivity contribution in [2.75, 3.05) is 0 Å². The van der Waals surface area contributed by atoms with Gasteiger partial charge in [0.25, 0.3) is 0 Å². The molecule has 0 aliphatic heterocycles. The topological polar surface area (TPSA) is 0 Å². The maximum atomic E-state index is 4.44. The van der Waals surface area contributed by atoms with Gasteiger partial charge in [0, 0.05) is 5.41 Å². The first-order valence-corrected chi connectivity index (χ1v) is 12.4. The summed E-state index contributed by atoms with van der Waals surface area (Å²) in [5.74, 6) is 5.65. The van der Waals surface area contributed by atoms with Gasteiger partial charge in [0.1, 0.15) is 0 Å². The van der Waals surface area contributed by atoms with Crippen molar-refractivity contribution < 1.29 is 0 Å². The van der Waals surface area contributed by atoms with Crippen LogP contribution in [0.4, 0.5) is 0 Å². The highest BCUT2D eigenvalue weighted by Gasteiger charge is 2.78. The fourth-order valence-electron chi connectivity index (χ4n) is 10.1. The molecule has 0 aromatic carbocycles. The van der Waals surface area contributed by atoms with E-state index in [1.54, 1.807) is 5.57 Å². The molecule has 8 atom stereocenters. The van der Waals surface area contributed by atoms with Crippen LogP contribution < -0.4 is 0 Å². The molecule has 6 rings (SSSR count). The van der Waals surface area contributed by atoms with Crippen LogP contribution in [-0.2, 0) is 0 Å². The van der Waals surface area contributed by atoms with Gasteiger partial charge in [-0.05, 0) is 111 Å². The molecule has 0 heteroatoms. The standard InChI is InChI=1S/C28H40/c1-6-20-9-10-23-22-16-21(19-7-8-19)25-15-17(2)11-14-28(25)18(3)27(28,5)24(22)12-13-26(20,23)4/h6,15,18-19,21-24H,2,7-14,16H2,1,3-5H3/b20-6-. The minimum absolute atomic E-state index is 0.513. The van der Waals surface area contributed by atoms with Crippen molar-refractivity contribution in [1.29, 1.82) is 0 Å². The lowest BCUT2D eigenvalue weighted by atomic mass is 9.55. The van der Waals surface area contributed by atoms with Crippen LogP contribution in [0.5, 0.6) is 0 Å². The van der Waals surface area contributed by atoms with Gasteiger partial charge >= 0.3 is 0 Å². The van der Waals surface area contributed by atoms with Crippen molar-refractivity contribution in [1.82, 2.24) is 0 Å². The smallest absolute Gasteiger partial charge is 0.00117 e. The highest BCUT2D eigenvalue weighted by molar-refractivity contribution is 5.45. The lowest BCUT2D eigenvalue weighted by Crippen LogP contribution is -2.42. The van der Waals surface area contributed by atoms with E-state index in [1.807, 2.05) is 5.57 Å². The molecule has 0 heterocycles. The van der Waals surface area contributed by atoms with Crippen LogP contribution in [0.3, 0.4) is 0 Å². The van der Waals surface area contributed by atoms with Crippen molar-refractivity contribution >= 4 is 0 Å². The Morgan fingerprint density at radius 2 is 1.82 bits per heavy atom. The van der Waals surface area contributed by atoms with E-state index in [9.17, 15) is 0 Å². The molecule has 0 aromatic heterocycles. The predicted molar refractivity (Wildman–Crippen MR) is 118 cm³/mol. The van der Waals surface area contributed by atoms with Gasteiger partial charge in [-0.2, -0.15) is 0 Å². The molecule has 1 spiro atoms. The molecule has 5 saturated carbocycles. The van der Waals surface area contributed by atoms with Crippen LogP contribution in [0.15, 0.2) is 35.5 Å². The summed E-state index contributed by atoms with van der Waals surface area (Å²) < 4.78 is 0. The van der Waals surface area contributed by atoms with Crippen molar-refractivity contribution in [2.24, 2.45) is 51.8 Å². The zero-order valence-electron chi connectivity index (χ0n) is 18.7. The SMILES string of the molecule is C=C1C=C2C(C3CC3)CC3C4CC/C(=C/C)C4(C)CCC3C3(C)C(C)C23CC1. The van der Waals surface area contributed by atoms with Gasteiger partial charge in [0.15, 0.2) is 0 Å². The molecule has 0 saturated heterocycles. The van der Waals surface area contributed by atoms with E-state index in [0.29, 0.717) is 16.2 Å². The molecule has 28 heavy (non-hydrogen) atoms. The van der Waals surface area contributed by atoms with Gasteiger partial charge in [0.2, 0.25) is 0 Å². The third kappa shape index (κ3) is 1.90. The summed E-state index contributed by atoms with van der Waals surface area (Å²) in [7, 11) is 0. The fraction of sp³-hybridized carbons (Fsp3) is 0.786. The summed E-state index contributed by atoms with van der Waals surface area (Å²) in [6.07, 6.45) is 18.1. The highest BCUT2D eigenvalue weighted by atomic mass is 14.8. The molecule has 152 valence electrons. The van der Waals surface area contributed by atoms with Crippen LogP contribution in [0.25, 0.3) is 0 Å². The molecule has 0 amide bonds. The molecule has 0 bridgehead atoms. The third-order valence-corrected chi connectivity index (χ3v) is 11.8. The summed E-state index contributed by atoms with van der Waals surface area (Å²) in [5.41, 5.74) is 6.75. The average Bonchev–Trinajstić information content (AvgIpc) is 3.55. The van der Waals surface area contributed by atoms with E-state index in [2.05, 4.69) is 46.4 Å². The molecule has 0 radical (unpaired) electrons. The molecular weight excluding hydrogens is 336 g/mol. The lowest BCUT2D eigenvalue weighted by molar-refractivity contribution is 0.00928. The maximum Gasteiger partial charge on any atom is 0.00117 e. The van der Waals surface area contributed by atoms with Gasteiger partial charge in [0.05, 0.1) is 0 Å². The van der Waals surface area contributed by atoms with E-state index < -0.39 is 0 Å². The Kier molecular flexibility index (Phi) is 3.52. The van der Waals surface area contributed by atoms with Gasteiger partial charge in [-0.25, -0.2) is 0 Å². The Morgan fingerprint density at radius 3 is 2.54 bits per heavy atom. The summed E-state index contributed by atoms with van der Waals surface area (Å²) in [5, 5.41) is 0. The monoisotopic (exact) mass is 376 g/mol. The Balaban J connectivity index is 1.49. The maximum absolute atomic E-state index is 4.44. The quantitative estimate of drug-likeness (QED) is 0.411. The van der Waals surface area contributed by atoms with Crippen molar-refractivity contribution in [2.45, 2.75) is 85.5 Å². The first-order chi connectivity index (χ1) is 13.4. The minimum Gasteiger partial charge on any atom is -0.0958 e. The Bertz CT molecular complexity index is 793. The zero-order chi connectivity index (χ0) is 19.5. The van der Waals surface area contributed by atoms with Crippen LogP contribution in [0.1, 0.15) is 85.5 Å². The summed E-state index contributed by atoms with van der Waals surface area (Å²) in [4.78, 5) is 0. The Hall–Kier alpha value is -0.780. The fourth-order valence-corrected chi connectivity index (χ4v) is 10.1. The number of fused-ring (bicyclic) bond motifs is 4. The molecule has 0 aromatic rings. The second kappa shape index (κ2) is 5.47. The lowest BCUT2D eigenvalue weighted by Gasteiger charge is -2.50. The number of hydrogen-bond donors (Lipinski definition) is 0. The summed E-state index contributed by atoms with van der Waals surface area (Å²) in [6.45, 7) is 14.8. The molecule has 6 aliphatic carbocycles. The van der Waals surface area contributed by atoms with E-state index in [4.69, 9.17) is 0 Å². The Labute approximate surface area is 172 Å². The number of hydrogen-bond acceptors (Lipinski definition) is 0. The molecule has 6 aliphatic rings. The highest BCUT2D eigenvalue weighted by Crippen LogP contribution is 2.85. The van der Waals surface area contributed by atoms with Crippen LogP contribution >= 0.6 is 0 Å². The molecular formula is C28H40. The third-order valence-electron chi connectivity index (χ3n) is 11.8. The summed E-state index contributed by atoms with van der Waals surface area (Å²) in [6, 6.07) is 0. The largest absolute Gasteiger partial charge is 0.0958 e. The van der Waals surface area contributed by atoms with Crippen LogP contribution in [0, 0.1) is 51.8 Å². The zero-order valence-corrected chi connectivity index (χ0v) is 18.7. The van der Waals surface area contributed by atoms with E-state index in [-0.39, 0.29) is 0 Å². The van der Waals surface area contributed by atoms with E-state index >= 15 is 0 Å². The Morgan fingerprint density at radius 1 is 1.04 bits per heavy atom. The van der Waals surface area contributed by atoms with Crippen LogP contribution in [0.2, 0.25) is 0 Å². The molecule has 5 fully saturated rings. The van der Waals surface area contributed by atoms with Crippen molar-refractivity contribution in [3.05, 3.63) is 35.5 Å². The summed E-state index contributed by atoms with van der Waals surface area (Å²) >= 11 is 0. The van der Waals surface area contributed by atoms with E-state index in [0.717, 1.165) is 35.5 Å². The second-order valence-corrected chi connectivity index (χ2v) is 12.1. The first kappa shape index (κ1) is 18.0. The van der Waals surface area contributed by atoms with Gasteiger partial charge in [-0.15, -0.1) is 0 Å². The first-order valence-electron chi connectivity index (χ1n) is 12.4. The average molecular weight is 377 g/mol. The predicted octanol–water partition coefficient (Wildman–Crippen LogP) is 7.72. The molecule has 8 unspecified atom stereocenters. The van der Waals surface area contributed by atoms with Crippen molar-refractivity contribution in [3.63, 3.8) is 0 Å². The molecule has 0 N–H and O–H groups in total.